The molecule has 1 N–H and O–H groups in total. The predicted molar refractivity (Wildman–Crippen MR) is 118 cm³/mol. The van der Waals surface area contributed by atoms with E-state index >= 15 is 0 Å². The molecule has 1 fully saturated rings. The summed E-state index contributed by atoms with van der Waals surface area (Å²) >= 11 is 0. The zero-order chi connectivity index (χ0) is 20.9. The minimum absolute atomic E-state index is 0.00158. The van der Waals surface area contributed by atoms with E-state index in [0.29, 0.717) is 6.54 Å². The van der Waals surface area contributed by atoms with Crippen molar-refractivity contribution in [3.05, 3.63) is 66.7 Å². The Morgan fingerprint density at radius 3 is 2.70 bits per heavy atom. The third-order valence-electron chi connectivity index (χ3n) is 5.34. The van der Waals surface area contributed by atoms with E-state index < -0.39 is 0 Å². The summed E-state index contributed by atoms with van der Waals surface area (Å²) < 4.78 is 0. The summed E-state index contributed by atoms with van der Waals surface area (Å²) in [7, 11) is 0. The average molecular weight is 402 g/mol. The van der Waals surface area contributed by atoms with Crippen LogP contribution in [0.2, 0.25) is 0 Å². The number of pyridine rings is 1. The number of benzene rings is 1. The van der Waals surface area contributed by atoms with Crippen molar-refractivity contribution in [2.24, 2.45) is 5.92 Å². The third kappa shape index (κ3) is 4.64. The van der Waals surface area contributed by atoms with Crippen molar-refractivity contribution in [2.45, 2.75) is 32.6 Å². The first-order valence-corrected chi connectivity index (χ1v) is 10.5. The van der Waals surface area contributed by atoms with E-state index in [9.17, 15) is 4.79 Å². The highest BCUT2D eigenvalue weighted by Gasteiger charge is 2.28. The zero-order valence-electron chi connectivity index (χ0n) is 17.5. The maximum absolute atomic E-state index is 12.5. The zero-order valence-corrected chi connectivity index (χ0v) is 17.5. The summed E-state index contributed by atoms with van der Waals surface area (Å²) in [5.41, 5.74) is 2.75. The van der Waals surface area contributed by atoms with Crippen LogP contribution >= 0.6 is 0 Å². The molecule has 6 heteroatoms. The van der Waals surface area contributed by atoms with Gasteiger partial charge in [0.1, 0.15) is 11.6 Å². The Labute approximate surface area is 177 Å². The molecule has 6 nitrogen and oxygen atoms in total. The molecule has 0 unspecified atom stereocenters. The molecule has 1 saturated heterocycles. The first-order valence-electron chi connectivity index (χ1n) is 10.5. The highest BCUT2D eigenvalue weighted by Crippen LogP contribution is 2.29. The quantitative estimate of drug-likeness (QED) is 0.674. The first-order chi connectivity index (χ1) is 14.6. The standard InChI is InChI=1S/C24H27N5O/c1-17(2)24(30)29-13-7-9-19(16-29)23-27-21(18-8-6-12-25-15-18)14-22(28-23)26-20-10-4-3-5-11-20/h3-6,8,10-12,14-15,17,19H,7,9,13,16H2,1-2H3,(H,26,27,28)/t19-/m0/s1. The van der Waals surface area contributed by atoms with Gasteiger partial charge in [0, 0.05) is 54.6 Å². The lowest BCUT2D eigenvalue weighted by atomic mass is 9.96. The Morgan fingerprint density at radius 2 is 1.97 bits per heavy atom. The van der Waals surface area contributed by atoms with E-state index in [2.05, 4.69) is 10.3 Å². The Morgan fingerprint density at radius 1 is 1.13 bits per heavy atom. The maximum atomic E-state index is 12.5. The fourth-order valence-corrected chi connectivity index (χ4v) is 3.80. The van der Waals surface area contributed by atoms with E-state index in [1.54, 1.807) is 6.20 Å². The summed E-state index contributed by atoms with van der Waals surface area (Å²) in [5.74, 6) is 1.84. The minimum Gasteiger partial charge on any atom is -0.342 e. The number of likely N-dealkylation sites (tertiary alicyclic amines) is 1. The van der Waals surface area contributed by atoms with Crippen LogP contribution in [0.15, 0.2) is 60.9 Å². The monoisotopic (exact) mass is 401 g/mol. The summed E-state index contributed by atoms with van der Waals surface area (Å²) in [6, 6.07) is 15.8. The van der Waals surface area contributed by atoms with Crippen LogP contribution in [0.1, 0.15) is 38.4 Å². The predicted octanol–water partition coefficient (Wildman–Crippen LogP) is 4.64. The lowest BCUT2D eigenvalue weighted by Gasteiger charge is -2.33. The molecule has 2 aromatic heterocycles. The highest BCUT2D eigenvalue weighted by molar-refractivity contribution is 5.78. The van der Waals surface area contributed by atoms with Crippen molar-refractivity contribution < 1.29 is 4.79 Å². The number of anilines is 2. The second kappa shape index (κ2) is 9.03. The molecular weight excluding hydrogens is 374 g/mol. The number of rotatable bonds is 5. The number of amides is 1. The number of aromatic nitrogens is 3. The van der Waals surface area contributed by atoms with Crippen molar-refractivity contribution in [2.75, 3.05) is 18.4 Å². The van der Waals surface area contributed by atoms with Gasteiger partial charge in [-0.1, -0.05) is 32.0 Å². The maximum Gasteiger partial charge on any atom is 0.225 e. The fraction of sp³-hybridized carbons (Fsp3) is 0.333. The van der Waals surface area contributed by atoms with Gasteiger partial charge >= 0.3 is 0 Å². The molecule has 154 valence electrons. The second-order valence-corrected chi connectivity index (χ2v) is 8.01. The van der Waals surface area contributed by atoms with Crippen molar-refractivity contribution >= 4 is 17.4 Å². The van der Waals surface area contributed by atoms with Gasteiger partial charge in [-0.15, -0.1) is 0 Å². The van der Waals surface area contributed by atoms with E-state index in [4.69, 9.17) is 9.97 Å². The average Bonchev–Trinajstić information content (AvgIpc) is 2.79. The number of hydrogen-bond acceptors (Lipinski definition) is 5. The number of nitrogens with zero attached hydrogens (tertiary/aromatic N) is 4. The summed E-state index contributed by atoms with van der Waals surface area (Å²) in [6.45, 7) is 5.38. The summed E-state index contributed by atoms with van der Waals surface area (Å²) in [4.78, 5) is 28.4. The normalized spacial score (nSPS) is 16.5. The molecule has 0 bridgehead atoms. The molecule has 0 radical (unpaired) electrons. The first kappa shape index (κ1) is 20.0. The molecular formula is C24H27N5O. The Kier molecular flexibility index (Phi) is 6.02. The Hall–Kier alpha value is -3.28. The van der Waals surface area contributed by atoms with E-state index in [1.807, 2.05) is 73.5 Å². The van der Waals surface area contributed by atoms with Gasteiger partial charge in [-0.25, -0.2) is 9.97 Å². The lowest BCUT2D eigenvalue weighted by molar-refractivity contribution is -0.135. The third-order valence-corrected chi connectivity index (χ3v) is 5.34. The van der Waals surface area contributed by atoms with E-state index in [-0.39, 0.29) is 17.7 Å². The largest absolute Gasteiger partial charge is 0.342 e. The molecule has 1 aliphatic rings. The van der Waals surface area contributed by atoms with Crippen LogP contribution in [0, 0.1) is 5.92 Å². The number of para-hydroxylation sites is 1. The van der Waals surface area contributed by atoms with Crippen molar-refractivity contribution in [1.82, 2.24) is 19.9 Å². The SMILES string of the molecule is CC(C)C(=O)N1CCC[C@H](c2nc(Nc3ccccc3)cc(-c3cccnc3)n2)C1. The number of carbonyl (C=O) groups excluding carboxylic acids is 1. The number of nitrogens with one attached hydrogen (secondary N) is 1. The molecule has 1 atom stereocenters. The Balaban J connectivity index is 1.67. The van der Waals surface area contributed by atoms with Crippen LogP contribution in [0.25, 0.3) is 11.3 Å². The van der Waals surface area contributed by atoms with Gasteiger partial charge in [-0.2, -0.15) is 0 Å². The van der Waals surface area contributed by atoms with E-state index in [0.717, 1.165) is 48.0 Å². The smallest absolute Gasteiger partial charge is 0.225 e. The van der Waals surface area contributed by atoms with Crippen LogP contribution in [-0.2, 0) is 4.79 Å². The van der Waals surface area contributed by atoms with Gasteiger partial charge in [0.25, 0.3) is 0 Å². The second-order valence-electron chi connectivity index (χ2n) is 8.01. The van der Waals surface area contributed by atoms with Crippen molar-refractivity contribution in [1.29, 1.82) is 0 Å². The van der Waals surface area contributed by atoms with Gasteiger partial charge in [0.15, 0.2) is 0 Å². The van der Waals surface area contributed by atoms with Crippen LogP contribution in [-0.4, -0.2) is 38.8 Å². The number of hydrogen-bond donors (Lipinski definition) is 1. The molecule has 0 saturated carbocycles. The molecule has 3 aromatic rings. The lowest BCUT2D eigenvalue weighted by Crippen LogP contribution is -2.41. The minimum atomic E-state index is 0.00158. The van der Waals surface area contributed by atoms with Crippen LogP contribution in [0.4, 0.5) is 11.5 Å². The topological polar surface area (TPSA) is 71.0 Å². The molecule has 3 heterocycles. The molecule has 1 aromatic carbocycles. The van der Waals surface area contributed by atoms with Crippen LogP contribution < -0.4 is 5.32 Å². The molecule has 1 aliphatic heterocycles. The van der Waals surface area contributed by atoms with Crippen LogP contribution in [0.3, 0.4) is 0 Å². The number of carbonyl (C=O) groups is 1. The highest BCUT2D eigenvalue weighted by atomic mass is 16.2. The van der Waals surface area contributed by atoms with Crippen molar-refractivity contribution in [3.8, 4) is 11.3 Å². The van der Waals surface area contributed by atoms with Gasteiger partial charge < -0.3 is 10.2 Å². The molecule has 4 rings (SSSR count). The molecule has 1 amide bonds. The summed E-state index contributed by atoms with van der Waals surface area (Å²) in [6.07, 6.45) is 5.51. The van der Waals surface area contributed by atoms with Gasteiger partial charge in [-0.05, 0) is 37.1 Å². The van der Waals surface area contributed by atoms with E-state index in [1.165, 1.54) is 0 Å². The van der Waals surface area contributed by atoms with Gasteiger partial charge in [0.2, 0.25) is 5.91 Å². The van der Waals surface area contributed by atoms with Crippen molar-refractivity contribution in [3.63, 3.8) is 0 Å². The molecule has 30 heavy (non-hydrogen) atoms. The number of piperidine rings is 1. The fourth-order valence-electron chi connectivity index (χ4n) is 3.80. The Bertz CT molecular complexity index is 991. The van der Waals surface area contributed by atoms with Crippen LogP contribution in [0.5, 0.6) is 0 Å². The molecule has 0 aliphatic carbocycles. The van der Waals surface area contributed by atoms with Gasteiger partial charge in [-0.3, -0.25) is 9.78 Å². The van der Waals surface area contributed by atoms with Gasteiger partial charge in [0.05, 0.1) is 5.69 Å². The summed E-state index contributed by atoms with van der Waals surface area (Å²) in [5, 5.41) is 3.39. The molecule has 0 spiro atoms.